The van der Waals surface area contributed by atoms with Crippen LogP contribution in [0.2, 0.25) is 0 Å². The van der Waals surface area contributed by atoms with Gasteiger partial charge in [-0.25, -0.2) is 13.4 Å². The van der Waals surface area contributed by atoms with Gasteiger partial charge in [-0.2, -0.15) is 0 Å². The van der Waals surface area contributed by atoms with Crippen molar-refractivity contribution in [2.75, 3.05) is 22.8 Å². The number of hydrogen-bond donors (Lipinski definition) is 1. The zero-order valence-corrected chi connectivity index (χ0v) is 18.5. The molecule has 2 aromatic carbocycles. The number of carbonyl (C=O) groups is 1. The molecule has 1 aliphatic rings. The van der Waals surface area contributed by atoms with Gasteiger partial charge in [0.2, 0.25) is 0 Å². The molecule has 0 unspecified atom stereocenters. The van der Waals surface area contributed by atoms with E-state index >= 15 is 0 Å². The van der Waals surface area contributed by atoms with Gasteiger partial charge in [-0.05, 0) is 49.4 Å². The van der Waals surface area contributed by atoms with E-state index < -0.39 is 10.0 Å². The van der Waals surface area contributed by atoms with Gasteiger partial charge in [0.1, 0.15) is 5.75 Å². The maximum absolute atomic E-state index is 12.5. The fourth-order valence-corrected chi connectivity index (χ4v) is 5.19. The SMILES string of the molecule is CCN1C(=O)COc2ccc(-c3csc(NS(=O)(=O)c4ccc(Br)cc4)n3)cc21. The molecule has 7 nitrogen and oxygen atoms in total. The topological polar surface area (TPSA) is 88.6 Å². The first-order valence-corrected chi connectivity index (χ1v) is 11.8. The molecule has 1 amide bonds. The van der Waals surface area contributed by atoms with Gasteiger partial charge in [0.15, 0.2) is 11.7 Å². The van der Waals surface area contributed by atoms with E-state index in [0.29, 0.717) is 23.7 Å². The molecule has 1 aliphatic heterocycles. The lowest BCUT2D eigenvalue weighted by molar-refractivity contribution is -0.121. The van der Waals surface area contributed by atoms with E-state index in [9.17, 15) is 13.2 Å². The molecule has 0 saturated heterocycles. The van der Waals surface area contributed by atoms with Crippen molar-refractivity contribution in [3.63, 3.8) is 0 Å². The molecule has 0 fully saturated rings. The van der Waals surface area contributed by atoms with Crippen molar-refractivity contribution in [1.29, 1.82) is 0 Å². The first kappa shape index (κ1) is 19.9. The Bertz CT molecular complexity index is 1180. The molecule has 0 aliphatic carbocycles. The average molecular weight is 494 g/mol. The molecule has 29 heavy (non-hydrogen) atoms. The molecule has 3 aromatic rings. The van der Waals surface area contributed by atoms with Crippen molar-refractivity contribution in [2.45, 2.75) is 11.8 Å². The smallest absolute Gasteiger partial charge is 0.265 e. The predicted octanol–water partition coefficient (Wildman–Crippen LogP) is 4.12. The number of ether oxygens (including phenoxy) is 1. The number of thiazole rings is 1. The van der Waals surface area contributed by atoms with Crippen LogP contribution in [0.1, 0.15) is 6.92 Å². The van der Waals surface area contributed by atoms with E-state index in [4.69, 9.17) is 4.74 Å². The van der Waals surface area contributed by atoms with Crippen LogP contribution in [0.15, 0.2) is 57.2 Å². The third kappa shape index (κ3) is 4.00. The molecule has 10 heteroatoms. The summed E-state index contributed by atoms with van der Waals surface area (Å²) in [6.07, 6.45) is 0. The lowest BCUT2D eigenvalue weighted by atomic mass is 10.1. The number of benzene rings is 2. The van der Waals surface area contributed by atoms with Gasteiger partial charge in [-0.1, -0.05) is 15.9 Å². The third-order valence-electron chi connectivity index (χ3n) is 4.36. The molecule has 0 bridgehead atoms. The van der Waals surface area contributed by atoms with Gasteiger partial charge in [-0.3, -0.25) is 9.52 Å². The van der Waals surface area contributed by atoms with E-state index in [1.165, 1.54) is 23.5 Å². The molecule has 0 saturated carbocycles. The second-order valence-electron chi connectivity index (χ2n) is 6.21. The third-order valence-corrected chi connectivity index (χ3v) is 7.13. The minimum absolute atomic E-state index is 0.0267. The number of aromatic nitrogens is 1. The van der Waals surface area contributed by atoms with E-state index in [0.717, 1.165) is 10.0 Å². The van der Waals surface area contributed by atoms with Crippen LogP contribution in [0.25, 0.3) is 11.3 Å². The first-order valence-electron chi connectivity index (χ1n) is 8.69. The summed E-state index contributed by atoms with van der Waals surface area (Å²) in [5.41, 5.74) is 2.07. The van der Waals surface area contributed by atoms with Crippen molar-refractivity contribution in [3.05, 3.63) is 52.3 Å². The van der Waals surface area contributed by atoms with Crippen molar-refractivity contribution < 1.29 is 17.9 Å². The van der Waals surface area contributed by atoms with Crippen molar-refractivity contribution in [1.82, 2.24) is 4.98 Å². The lowest BCUT2D eigenvalue weighted by Gasteiger charge is -2.28. The van der Waals surface area contributed by atoms with Crippen LogP contribution in [-0.4, -0.2) is 32.5 Å². The Morgan fingerprint density at radius 2 is 2.00 bits per heavy atom. The largest absolute Gasteiger partial charge is 0.482 e. The Morgan fingerprint density at radius 3 is 2.72 bits per heavy atom. The quantitative estimate of drug-likeness (QED) is 0.577. The van der Waals surface area contributed by atoms with Crippen LogP contribution in [0.5, 0.6) is 5.75 Å². The molecular weight excluding hydrogens is 478 g/mol. The Hall–Kier alpha value is -2.43. The highest BCUT2D eigenvalue weighted by molar-refractivity contribution is 9.10. The molecule has 0 spiro atoms. The normalized spacial score (nSPS) is 13.7. The lowest BCUT2D eigenvalue weighted by Crippen LogP contribution is -2.38. The number of carbonyl (C=O) groups excluding carboxylic acids is 1. The molecule has 2 heterocycles. The minimum Gasteiger partial charge on any atom is -0.482 e. The number of nitrogens with zero attached hydrogens (tertiary/aromatic N) is 2. The maximum atomic E-state index is 12.5. The first-order chi connectivity index (χ1) is 13.9. The Balaban J connectivity index is 1.60. The monoisotopic (exact) mass is 493 g/mol. The summed E-state index contributed by atoms with van der Waals surface area (Å²) in [6, 6.07) is 11.8. The zero-order valence-electron chi connectivity index (χ0n) is 15.3. The number of rotatable bonds is 5. The van der Waals surface area contributed by atoms with Crippen LogP contribution in [0.4, 0.5) is 10.8 Å². The number of nitrogens with one attached hydrogen (secondary N) is 1. The van der Waals surface area contributed by atoms with E-state index in [2.05, 4.69) is 25.6 Å². The number of fused-ring (bicyclic) bond motifs is 1. The molecular formula is C19H16BrN3O4S2. The highest BCUT2D eigenvalue weighted by Gasteiger charge is 2.25. The van der Waals surface area contributed by atoms with Crippen LogP contribution >= 0.6 is 27.3 Å². The van der Waals surface area contributed by atoms with E-state index in [1.807, 2.05) is 19.1 Å². The van der Waals surface area contributed by atoms with Gasteiger partial charge in [0, 0.05) is 22.0 Å². The highest BCUT2D eigenvalue weighted by atomic mass is 79.9. The summed E-state index contributed by atoms with van der Waals surface area (Å²) in [5.74, 6) is 0.542. The van der Waals surface area contributed by atoms with Crippen molar-refractivity contribution >= 4 is 54.0 Å². The molecule has 150 valence electrons. The molecule has 0 atom stereocenters. The molecule has 0 radical (unpaired) electrons. The van der Waals surface area contributed by atoms with Gasteiger partial charge >= 0.3 is 0 Å². The number of amides is 1. The highest BCUT2D eigenvalue weighted by Crippen LogP contribution is 2.36. The van der Waals surface area contributed by atoms with Crippen LogP contribution in [-0.2, 0) is 14.8 Å². The Kier molecular flexibility index (Phi) is 5.32. The molecule has 1 aromatic heterocycles. The Morgan fingerprint density at radius 1 is 1.24 bits per heavy atom. The van der Waals surface area contributed by atoms with Gasteiger partial charge in [0.25, 0.3) is 15.9 Å². The molecule has 1 N–H and O–H groups in total. The summed E-state index contributed by atoms with van der Waals surface area (Å²) in [4.78, 5) is 18.3. The zero-order chi connectivity index (χ0) is 20.6. The summed E-state index contributed by atoms with van der Waals surface area (Å²) in [7, 11) is -3.73. The Labute approximate surface area is 180 Å². The van der Waals surface area contributed by atoms with E-state index in [1.54, 1.807) is 28.5 Å². The number of halogens is 1. The summed E-state index contributed by atoms with van der Waals surface area (Å²) in [5, 5.41) is 2.03. The van der Waals surface area contributed by atoms with Gasteiger partial charge in [0.05, 0.1) is 16.3 Å². The second kappa shape index (κ2) is 7.77. The number of likely N-dealkylation sites (N-methyl/N-ethyl adjacent to an activating group) is 1. The summed E-state index contributed by atoms with van der Waals surface area (Å²) < 4.78 is 33.9. The predicted molar refractivity (Wildman–Crippen MR) is 116 cm³/mol. The average Bonchev–Trinajstić information content (AvgIpc) is 3.15. The summed E-state index contributed by atoms with van der Waals surface area (Å²) in [6.45, 7) is 2.46. The van der Waals surface area contributed by atoms with Crippen LogP contribution in [0, 0.1) is 0 Å². The number of anilines is 2. The molecule has 4 rings (SSSR count). The van der Waals surface area contributed by atoms with Crippen LogP contribution in [0.3, 0.4) is 0 Å². The fraction of sp³-hybridized carbons (Fsp3) is 0.158. The van der Waals surface area contributed by atoms with E-state index in [-0.39, 0.29) is 22.5 Å². The van der Waals surface area contributed by atoms with Gasteiger partial charge in [-0.15, -0.1) is 11.3 Å². The van der Waals surface area contributed by atoms with Crippen molar-refractivity contribution in [2.24, 2.45) is 0 Å². The second-order valence-corrected chi connectivity index (χ2v) is 9.66. The standard InChI is InChI=1S/C19H16BrN3O4S2/c1-2-23-16-9-12(3-8-17(16)27-10-18(23)24)15-11-28-19(21-15)22-29(25,26)14-6-4-13(20)5-7-14/h3-9,11H,2,10H2,1H3,(H,21,22). The van der Waals surface area contributed by atoms with Crippen LogP contribution < -0.4 is 14.4 Å². The number of sulfonamides is 1. The summed E-state index contributed by atoms with van der Waals surface area (Å²) >= 11 is 4.48. The van der Waals surface area contributed by atoms with Crippen molar-refractivity contribution in [3.8, 4) is 17.0 Å². The van der Waals surface area contributed by atoms with Gasteiger partial charge < -0.3 is 9.64 Å². The maximum Gasteiger partial charge on any atom is 0.265 e. The minimum atomic E-state index is -3.73. The fourth-order valence-electron chi connectivity index (χ4n) is 2.95. The number of hydrogen-bond acceptors (Lipinski definition) is 6.